The number of nitrogens with one attached hydrogen (secondary N) is 1. The van der Waals surface area contributed by atoms with Crippen molar-refractivity contribution in [2.75, 3.05) is 31.6 Å². The van der Waals surface area contributed by atoms with Crippen LogP contribution in [-0.2, 0) is 4.74 Å². The largest absolute Gasteiger partial charge is 0.381 e. The maximum absolute atomic E-state index is 11.9. The van der Waals surface area contributed by atoms with E-state index in [1.54, 1.807) is 11.1 Å². The van der Waals surface area contributed by atoms with E-state index < -0.39 is 0 Å². The molecule has 0 bridgehead atoms. The maximum atomic E-state index is 11.9. The number of carbonyl (C=O) groups is 1. The van der Waals surface area contributed by atoms with Crippen LogP contribution in [0.25, 0.3) is 0 Å². The van der Waals surface area contributed by atoms with E-state index in [1.165, 1.54) is 0 Å². The van der Waals surface area contributed by atoms with E-state index in [2.05, 4.69) is 10.4 Å². The number of urea groups is 1. The van der Waals surface area contributed by atoms with Gasteiger partial charge >= 0.3 is 6.03 Å². The van der Waals surface area contributed by atoms with Crippen LogP contribution in [0.5, 0.6) is 0 Å². The SMILES string of the molecule is CCN(CC)C(=O)Nc1cnn(C2CCOCC2)c1. The topological polar surface area (TPSA) is 59.4 Å². The number of ether oxygens (including phenoxy) is 1. The van der Waals surface area contributed by atoms with Crippen LogP contribution in [0.4, 0.5) is 10.5 Å². The Hall–Kier alpha value is -1.56. The summed E-state index contributed by atoms with van der Waals surface area (Å²) in [5.41, 5.74) is 0.753. The van der Waals surface area contributed by atoms with Gasteiger partial charge in [-0.15, -0.1) is 0 Å². The highest BCUT2D eigenvalue weighted by atomic mass is 16.5. The Morgan fingerprint density at radius 1 is 1.47 bits per heavy atom. The Labute approximate surface area is 113 Å². The first-order valence-electron chi connectivity index (χ1n) is 6.92. The van der Waals surface area contributed by atoms with Crippen LogP contribution in [0.15, 0.2) is 12.4 Å². The standard InChI is InChI=1S/C13H22N4O2/c1-3-16(4-2)13(18)15-11-9-14-17(10-11)12-5-7-19-8-6-12/h9-10,12H,3-8H2,1-2H3,(H,15,18). The highest BCUT2D eigenvalue weighted by Crippen LogP contribution is 2.21. The van der Waals surface area contributed by atoms with Gasteiger partial charge in [-0.3, -0.25) is 4.68 Å². The molecule has 0 aromatic carbocycles. The van der Waals surface area contributed by atoms with Gasteiger partial charge in [0.2, 0.25) is 0 Å². The van der Waals surface area contributed by atoms with Crippen molar-refractivity contribution >= 4 is 11.7 Å². The fraction of sp³-hybridized carbons (Fsp3) is 0.692. The lowest BCUT2D eigenvalue weighted by molar-refractivity contribution is 0.0662. The number of aromatic nitrogens is 2. The third-order valence-electron chi connectivity index (χ3n) is 3.47. The first-order valence-corrected chi connectivity index (χ1v) is 6.92. The Bertz CT molecular complexity index is 409. The van der Waals surface area contributed by atoms with Crippen LogP contribution >= 0.6 is 0 Å². The van der Waals surface area contributed by atoms with Crippen molar-refractivity contribution in [2.45, 2.75) is 32.7 Å². The van der Waals surface area contributed by atoms with Crippen molar-refractivity contribution in [2.24, 2.45) is 0 Å². The van der Waals surface area contributed by atoms with Crippen LogP contribution in [-0.4, -0.2) is 47.0 Å². The Kier molecular flexibility index (Phi) is 4.79. The normalized spacial score (nSPS) is 16.3. The van der Waals surface area contributed by atoms with Crippen LogP contribution in [0, 0.1) is 0 Å². The molecule has 0 atom stereocenters. The van der Waals surface area contributed by atoms with Crippen LogP contribution in [0.3, 0.4) is 0 Å². The average molecular weight is 266 g/mol. The summed E-state index contributed by atoms with van der Waals surface area (Å²) >= 11 is 0. The quantitative estimate of drug-likeness (QED) is 0.908. The van der Waals surface area contributed by atoms with Gasteiger partial charge in [0.05, 0.1) is 17.9 Å². The molecule has 2 heterocycles. The first-order chi connectivity index (χ1) is 9.24. The van der Waals surface area contributed by atoms with E-state index in [0.29, 0.717) is 19.1 Å². The van der Waals surface area contributed by atoms with Crippen molar-refractivity contribution in [3.05, 3.63) is 12.4 Å². The molecule has 0 radical (unpaired) electrons. The average Bonchev–Trinajstić information content (AvgIpc) is 2.89. The van der Waals surface area contributed by atoms with Crippen molar-refractivity contribution in [3.63, 3.8) is 0 Å². The monoisotopic (exact) mass is 266 g/mol. The number of nitrogens with zero attached hydrogens (tertiary/aromatic N) is 3. The second-order valence-corrected chi connectivity index (χ2v) is 4.66. The molecule has 1 fully saturated rings. The number of anilines is 1. The minimum absolute atomic E-state index is 0.0727. The molecule has 2 amide bonds. The molecule has 1 N–H and O–H groups in total. The summed E-state index contributed by atoms with van der Waals surface area (Å²) in [6.07, 6.45) is 5.56. The molecule has 106 valence electrons. The zero-order valence-electron chi connectivity index (χ0n) is 11.6. The predicted molar refractivity (Wildman–Crippen MR) is 73.3 cm³/mol. The summed E-state index contributed by atoms with van der Waals surface area (Å²) in [5, 5.41) is 7.21. The highest BCUT2D eigenvalue weighted by Gasteiger charge is 2.17. The van der Waals surface area contributed by atoms with Gasteiger partial charge in [0, 0.05) is 32.5 Å². The molecule has 1 aliphatic heterocycles. The van der Waals surface area contributed by atoms with E-state index in [0.717, 1.165) is 31.7 Å². The molecule has 6 heteroatoms. The first kappa shape index (κ1) is 13.9. The molecule has 0 unspecified atom stereocenters. The van der Waals surface area contributed by atoms with E-state index in [1.807, 2.05) is 24.7 Å². The minimum Gasteiger partial charge on any atom is -0.381 e. The van der Waals surface area contributed by atoms with E-state index in [4.69, 9.17) is 4.74 Å². The van der Waals surface area contributed by atoms with Gasteiger partial charge < -0.3 is 15.0 Å². The maximum Gasteiger partial charge on any atom is 0.321 e. The van der Waals surface area contributed by atoms with Gasteiger partial charge in [-0.1, -0.05) is 0 Å². The lowest BCUT2D eigenvalue weighted by Gasteiger charge is -2.22. The Balaban J connectivity index is 1.95. The number of carbonyl (C=O) groups excluding carboxylic acids is 1. The smallest absolute Gasteiger partial charge is 0.321 e. The summed E-state index contributed by atoms with van der Waals surface area (Å²) in [5.74, 6) is 0. The molecule has 0 spiro atoms. The second kappa shape index (κ2) is 6.56. The fourth-order valence-electron chi connectivity index (χ4n) is 2.27. The van der Waals surface area contributed by atoms with Crippen LogP contribution in [0.2, 0.25) is 0 Å². The molecule has 6 nitrogen and oxygen atoms in total. The van der Waals surface area contributed by atoms with Gasteiger partial charge in [0.15, 0.2) is 0 Å². The van der Waals surface area contributed by atoms with Gasteiger partial charge in [0.1, 0.15) is 0 Å². The molecule has 19 heavy (non-hydrogen) atoms. The van der Waals surface area contributed by atoms with Crippen molar-refractivity contribution in [1.29, 1.82) is 0 Å². The van der Waals surface area contributed by atoms with Crippen molar-refractivity contribution in [1.82, 2.24) is 14.7 Å². The molecular formula is C13H22N4O2. The van der Waals surface area contributed by atoms with Crippen LogP contribution < -0.4 is 5.32 Å². The van der Waals surface area contributed by atoms with E-state index >= 15 is 0 Å². The third-order valence-corrected chi connectivity index (χ3v) is 3.47. The predicted octanol–water partition coefficient (Wildman–Crippen LogP) is 2.11. The molecule has 1 saturated heterocycles. The van der Waals surface area contributed by atoms with Gasteiger partial charge in [-0.25, -0.2) is 4.79 Å². The molecule has 1 aromatic heterocycles. The summed E-state index contributed by atoms with van der Waals surface area (Å²) < 4.78 is 7.27. The molecule has 0 aliphatic carbocycles. The number of rotatable bonds is 4. The number of hydrogen-bond acceptors (Lipinski definition) is 3. The molecular weight excluding hydrogens is 244 g/mol. The lowest BCUT2D eigenvalue weighted by Crippen LogP contribution is -2.34. The zero-order valence-corrected chi connectivity index (χ0v) is 11.6. The highest BCUT2D eigenvalue weighted by molar-refractivity contribution is 5.88. The molecule has 2 rings (SSSR count). The second-order valence-electron chi connectivity index (χ2n) is 4.66. The fourth-order valence-corrected chi connectivity index (χ4v) is 2.27. The van der Waals surface area contributed by atoms with Gasteiger partial charge in [-0.05, 0) is 26.7 Å². The van der Waals surface area contributed by atoms with Gasteiger partial charge in [0.25, 0.3) is 0 Å². The van der Waals surface area contributed by atoms with E-state index in [9.17, 15) is 4.79 Å². The third kappa shape index (κ3) is 3.47. The van der Waals surface area contributed by atoms with Crippen LogP contribution in [0.1, 0.15) is 32.7 Å². The summed E-state index contributed by atoms with van der Waals surface area (Å²) in [6, 6.07) is 0.310. The summed E-state index contributed by atoms with van der Waals surface area (Å²) in [6.45, 7) is 6.91. The zero-order chi connectivity index (χ0) is 13.7. The number of amides is 2. The van der Waals surface area contributed by atoms with Crippen molar-refractivity contribution < 1.29 is 9.53 Å². The number of hydrogen-bond donors (Lipinski definition) is 1. The summed E-state index contributed by atoms with van der Waals surface area (Å²) in [7, 11) is 0. The van der Waals surface area contributed by atoms with Gasteiger partial charge in [-0.2, -0.15) is 5.10 Å². The minimum atomic E-state index is -0.0727. The molecule has 0 saturated carbocycles. The Morgan fingerprint density at radius 3 is 2.79 bits per heavy atom. The Morgan fingerprint density at radius 2 is 2.16 bits per heavy atom. The molecule has 1 aliphatic rings. The lowest BCUT2D eigenvalue weighted by atomic mass is 10.1. The molecule has 1 aromatic rings. The summed E-state index contributed by atoms with van der Waals surface area (Å²) in [4.78, 5) is 13.7. The van der Waals surface area contributed by atoms with E-state index in [-0.39, 0.29) is 6.03 Å². The van der Waals surface area contributed by atoms with Crippen molar-refractivity contribution in [3.8, 4) is 0 Å².